The zero-order valence-corrected chi connectivity index (χ0v) is 17.2. The Morgan fingerprint density at radius 3 is 1.78 bits per heavy atom. The lowest BCUT2D eigenvalue weighted by atomic mass is 9.88. The van der Waals surface area contributed by atoms with Gasteiger partial charge < -0.3 is 28.4 Å². The van der Waals surface area contributed by atoms with E-state index in [1.807, 2.05) is 26.8 Å². The van der Waals surface area contributed by atoms with Gasteiger partial charge in [-0.05, 0) is 19.4 Å². The van der Waals surface area contributed by atoms with Crippen LogP contribution >= 0.6 is 0 Å². The van der Waals surface area contributed by atoms with E-state index in [0.717, 1.165) is 11.1 Å². The normalized spacial score (nSPS) is 21.9. The molecule has 0 aromatic heterocycles. The smallest absolute Gasteiger partial charge is 0.339 e. The first-order chi connectivity index (χ1) is 12.9. The highest BCUT2D eigenvalue weighted by Crippen LogP contribution is 2.53. The molecule has 0 amide bonds. The summed E-state index contributed by atoms with van der Waals surface area (Å²) in [5, 5.41) is 0. The van der Waals surface area contributed by atoms with Crippen LogP contribution in [0.25, 0.3) is 0 Å². The fourth-order valence-electron chi connectivity index (χ4n) is 3.59. The highest BCUT2D eigenvalue weighted by Gasteiger charge is 2.39. The molecule has 1 aromatic rings. The van der Waals surface area contributed by atoms with Gasteiger partial charge in [-0.2, -0.15) is 0 Å². The lowest BCUT2D eigenvalue weighted by Crippen LogP contribution is -2.34. The van der Waals surface area contributed by atoms with Crippen LogP contribution in [0.1, 0.15) is 31.1 Å². The quantitative estimate of drug-likeness (QED) is 0.554. The molecule has 1 heterocycles. The third-order valence-corrected chi connectivity index (χ3v) is 4.80. The van der Waals surface area contributed by atoms with Gasteiger partial charge in [0.05, 0.1) is 47.2 Å². The van der Waals surface area contributed by atoms with Crippen molar-refractivity contribution < 1.29 is 33.2 Å². The molecule has 0 N–H and O–H groups in total. The van der Waals surface area contributed by atoms with E-state index in [0.29, 0.717) is 28.6 Å². The fraction of sp³-hybridized carbons (Fsp3) is 0.550. The largest absolute Gasteiger partial charge is 0.492 e. The van der Waals surface area contributed by atoms with Crippen LogP contribution in [0.15, 0.2) is 11.6 Å². The molecule has 1 aromatic carbocycles. The molecule has 0 radical (unpaired) electrons. The van der Waals surface area contributed by atoms with Gasteiger partial charge in [0.15, 0.2) is 29.1 Å². The Balaban J connectivity index is 2.74. The van der Waals surface area contributed by atoms with E-state index in [-0.39, 0.29) is 5.92 Å². The van der Waals surface area contributed by atoms with Crippen molar-refractivity contribution in [2.45, 2.75) is 33.0 Å². The number of benzene rings is 1. The summed E-state index contributed by atoms with van der Waals surface area (Å²) in [4.78, 5) is 12.2. The second-order valence-corrected chi connectivity index (χ2v) is 6.40. The molecule has 1 aliphatic heterocycles. The molecule has 7 nitrogen and oxygen atoms in total. The number of rotatable bonds is 6. The summed E-state index contributed by atoms with van der Waals surface area (Å²) in [6.45, 7) is 5.71. The summed E-state index contributed by atoms with van der Waals surface area (Å²) in [5.41, 5.74) is 2.18. The zero-order valence-electron chi connectivity index (χ0n) is 17.2. The molecular weight excluding hydrogens is 352 g/mol. The minimum absolute atomic E-state index is 0.0502. The van der Waals surface area contributed by atoms with Crippen LogP contribution in [0, 0.1) is 12.8 Å². The Morgan fingerprint density at radius 2 is 1.37 bits per heavy atom. The maximum atomic E-state index is 12.2. The maximum Gasteiger partial charge on any atom is 0.339 e. The van der Waals surface area contributed by atoms with Gasteiger partial charge in [0.1, 0.15) is 0 Å². The molecule has 2 rings (SSSR count). The summed E-state index contributed by atoms with van der Waals surface area (Å²) in [7, 11) is 7.57. The van der Waals surface area contributed by atoms with E-state index in [4.69, 9.17) is 28.4 Å². The Kier molecular flexibility index (Phi) is 6.59. The number of carbonyl (C=O) groups is 1. The molecule has 0 spiro atoms. The van der Waals surface area contributed by atoms with Crippen molar-refractivity contribution in [2.75, 3.05) is 35.5 Å². The molecule has 0 saturated heterocycles. The van der Waals surface area contributed by atoms with Crippen LogP contribution in [0.5, 0.6) is 23.0 Å². The first kappa shape index (κ1) is 20.9. The van der Waals surface area contributed by atoms with Crippen molar-refractivity contribution >= 4 is 5.97 Å². The van der Waals surface area contributed by atoms with Crippen LogP contribution in [-0.4, -0.2) is 47.6 Å². The van der Waals surface area contributed by atoms with E-state index in [1.54, 1.807) is 28.4 Å². The number of esters is 1. The van der Waals surface area contributed by atoms with E-state index in [1.165, 1.54) is 7.11 Å². The van der Waals surface area contributed by atoms with Crippen LogP contribution < -0.4 is 18.9 Å². The summed E-state index contributed by atoms with van der Waals surface area (Å²) in [6.07, 6.45) is 0.669. The van der Waals surface area contributed by atoms with E-state index in [9.17, 15) is 4.79 Å². The lowest BCUT2D eigenvalue weighted by molar-refractivity contribution is -0.157. The Labute approximate surface area is 160 Å². The Hall–Kier alpha value is -2.41. The number of methoxy groups -OCH3 is 5. The monoisotopic (exact) mass is 380 g/mol. The van der Waals surface area contributed by atoms with Gasteiger partial charge >= 0.3 is 5.97 Å². The third-order valence-electron chi connectivity index (χ3n) is 4.80. The standard InChI is InChI=1S/C20H28O7/c1-10-9-11(2)15(20(21)26-8)27-14(10)13-18(24-6)16(22-4)12(3)17(23-5)19(13)25-7/h9-10,14-15H,1-8H3/t10-,14-,15+/m1/s1. The highest BCUT2D eigenvalue weighted by atomic mass is 16.6. The van der Waals surface area contributed by atoms with Crippen molar-refractivity contribution in [1.29, 1.82) is 0 Å². The summed E-state index contributed by atoms with van der Waals surface area (Å²) in [5.74, 6) is 1.53. The second kappa shape index (κ2) is 8.52. The molecule has 3 atom stereocenters. The predicted octanol–water partition coefficient (Wildman–Crippen LogP) is 3.22. The summed E-state index contributed by atoms with van der Waals surface area (Å²) >= 11 is 0. The van der Waals surface area contributed by atoms with E-state index < -0.39 is 18.2 Å². The minimum atomic E-state index is -0.802. The summed E-state index contributed by atoms with van der Waals surface area (Å²) in [6, 6.07) is 0. The average molecular weight is 380 g/mol. The molecule has 7 heteroatoms. The molecule has 0 unspecified atom stereocenters. The second-order valence-electron chi connectivity index (χ2n) is 6.40. The molecule has 0 aliphatic carbocycles. The molecule has 150 valence electrons. The zero-order chi connectivity index (χ0) is 20.3. The molecule has 27 heavy (non-hydrogen) atoms. The van der Waals surface area contributed by atoms with Crippen LogP contribution in [0.2, 0.25) is 0 Å². The third kappa shape index (κ3) is 3.56. The van der Waals surface area contributed by atoms with Crippen molar-refractivity contribution in [3.63, 3.8) is 0 Å². The molecule has 1 aliphatic rings. The van der Waals surface area contributed by atoms with Gasteiger partial charge in [-0.15, -0.1) is 0 Å². The fourth-order valence-corrected chi connectivity index (χ4v) is 3.59. The van der Waals surface area contributed by atoms with Gasteiger partial charge in [-0.25, -0.2) is 4.79 Å². The minimum Gasteiger partial charge on any atom is -0.492 e. The molecule has 0 bridgehead atoms. The van der Waals surface area contributed by atoms with Crippen LogP contribution in [0.3, 0.4) is 0 Å². The average Bonchev–Trinajstić information content (AvgIpc) is 2.66. The van der Waals surface area contributed by atoms with Crippen molar-refractivity contribution in [3.8, 4) is 23.0 Å². The summed E-state index contributed by atoms with van der Waals surface area (Å²) < 4.78 is 33.5. The molecule has 0 fully saturated rings. The van der Waals surface area contributed by atoms with Gasteiger partial charge in [-0.1, -0.05) is 13.0 Å². The first-order valence-electron chi connectivity index (χ1n) is 8.64. The van der Waals surface area contributed by atoms with Crippen molar-refractivity contribution in [1.82, 2.24) is 0 Å². The Bertz CT molecular complexity index is 705. The van der Waals surface area contributed by atoms with Gasteiger partial charge in [0.2, 0.25) is 0 Å². The lowest BCUT2D eigenvalue weighted by Gasteiger charge is -2.34. The van der Waals surface area contributed by atoms with Crippen molar-refractivity contribution in [3.05, 3.63) is 22.8 Å². The molecular formula is C20H28O7. The number of carbonyl (C=O) groups excluding carboxylic acids is 1. The highest BCUT2D eigenvalue weighted by molar-refractivity contribution is 5.78. The van der Waals surface area contributed by atoms with Crippen molar-refractivity contribution in [2.24, 2.45) is 5.92 Å². The number of ether oxygens (including phenoxy) is 6. The first-order valence-corrected chi connectivity index (χ1v) is 8.64. The number of hydrogen-bond donors (Lipinski definition) is 0. The Morgan fingerprint density at radius 1 is 0.889 bits per heavy atom. The van der Waals surface area contributed by atoms with E-state index >= 15 is 0 Å². The van der Waals surface area contributed by atoms with Gasteiger partial charge in [0.25, 0.3) is 0 Å². The van der Waals surface area contributed by atoms with Gasteiger partial charge in [-0.3, -0.25) is 0 Å². The van der Waals surface area contributed by atoms with Crippen LogP contribution in [0.4, 0.5) is 0 Å². The van der Waals surface area contributed by atoms with E-state index in [2.05, 4.69) is 0 Å². The van der Waals surface area contributed by atoms with Crippen LogP contribution in [-0.2, 0) is 14.3 Å². The molecule has 0 saturated carbocycles. The maximum absolute atomic E-state index is 12.2. The number of hydrogen-bond acceptors (Lipinski definition) is 7. The SMILES string of the molecule is COC(=O)[C@H]1O[C@@H](c2c(OC)c(OC)c(C)c(OC)c2OC)[C@H](C)C=C1C. The topological polar surface area (TPSA) is 72.5 Å². The predicted molar refractivity (Wildman–Crippen MR) is 99.9 cm³/mol. The van der Waals surface area contributed by atoms with Gasteiger partial charge in [0, 0.05) is 11.5 Å².